The summed E-state index contributed by atoms with van der Waals surface area (Å²) < 4.78 is -1.20. The van der Waals surface area contributed by atoms with E-state index in [1.54, 1.807) is 6.92 Å². The van der Waals surface area contributed by atoms with Crippen molar-refractivity contribution in [1.29, 1.82) is 0 Å². The summed E-state index contributed by atoms with van der Waals surface area (Å²) in [4.78, 5) is 11.3. The van der Waals surface area contributed by atoms with Gasteiger partial charge >= 0.3 is 0 Å². The summed E-state index contributed by atoms with van der Waals surface area (Å²) in [5, 5.41) is 0. The Labute approximate surface area is 111 Å². The van der Waals surface area contributed by atoms with Gasteiger partial charge in [0, 0.05) is 5.56 Å². The normalized spacial score (nSPS) is 11.5. The number of carbonyl (C=O) groups is 1. The molecule has 0 spiro atoms. The van der Waals surface area contributed by atoms with E-state index < -0.39 is 3.79 Å². The van der Waals surface area contributed by atoms with Crippen LogP contribution in [0.5, 0.6) is 0 Å². The molecular weight excluding hydrogens is 266 g/mol. The Balaban J connectivity index is 2.64. The van der Waals surface area contributed by atoms with E-state index in [1.807, 2.05) is 24.3 Å². The predicted molar refractivity (Wildman–Crippen MR) is 69.7 cm³/mol. The minimum atomic E-state index is -1.20. The highest BCUT2D eigenvalue weighted by atomic mass is 35.6. The van der Waals surface area contributed by atoms with Gasteiger partial charge in [0.15, 0.2) is 9.58 Å². The lowest BCUT2D eigenvalue weighted by molar-refractivity contribution is 0.101. The number of halogens is 3. The lowest BCUT2D eigenvalue weighted by atomic mass is 10.00. The SMILES string of the molecule is CC(=O)c1ccccc1CCCC(Cl)(Cl)Cl. The third kappa shape index (κ3) is 4.73. The monoisotopic (exact) mass is 278 g/mol. The van der Waals surface area contributed by atoms with Crippen molar-refractivity contribution < 1.29 is 4.79 Å². The van der Waals surface area contributed by atoms with Crippen molar-refractivity contribution in [2.24, 2.45) is 0 Å². The number of aryl methyl sites for hydroxylation is 1. The van der Waals surface area contributed by atoms with E-state index in [2.05, 4.69) is 0 Å². The Morgan fingerprint density at radius 1 is 1.25 bits per heavy atom. The van der Waals surface area contributed by atoms with Crippen LogP contribution in [0.4, 0.5) is 0 Å². The van der Waals surface area contributed by atoms with Crippen LogP contribution < -0.4 is 0 Å². The largest absolute Gasteiger partial charge is 0.295 e. The fourth-order valence-electron chi connectivity index (χ4n) is 1.56. The van der Waals surface area contributed by atoms with Crippen molar-refractivity contribution in [2.45, 2.75) is 30.0 Å². The van der Waals surface area contributed by atoms with Gasteiger partial charge in [0.25, 0.3) is 0 Å². The van der Waals surface area contributed by atoms with E-state index in [-0.39, 0.29) is 5.78 Å². The van der Waals surface area contributed by atoms with E-state index in [9.17, 15) is 4.79 Å². The maximum atomic E-state index is 11.3. The Hall–Kier alpha value is -0.240. The zero-order valence-electron chi connectivity index (χ0n) is 8.97. The Morgan fingerprint density at radius 3 is 2.44 bits per heavy atom. The van der Waals surface area contributed by atoms with Crippen LogP contribution in [0.15, 0.2) is 24.3 Å². The van der Waals surface area contributed by atoms with Gasteiger partial charge in [-0.05, 0) is 31.7 Å². The second-order valence-electron chi connectivity index (χ2n) is 3.68. The van der Waals surface area contributed by atoms with Gasteiger partial charge in [0.2, 0.25) is 0 Å². The van der Waals surface area contributed by atoms with Crippen molar-refractivity contribution in [2.75, 3.05) is 0 Å². The molecule has 1 nitrogen and oxygen atoms in total. The van der Waals surface area contributed by atoms with E-state index in [0.717, 1.165) is 24.0 Å². The van der Waals surface area contributed by atoms with Crippen LogP contribution >= 0.6 is 34.8 Å². The van der Waals surface area contributed by atoms with Crippen LogP contribution in [0.3, 0.4) is 0 Å². The van der Waals surface area contributed by atoms with Gasteiger partial charge in [-0.25, -0.2) is 0 Å². The molecule has 0 fully saturated rings. The molecule has 0 N–H and O–H groups in total. The van der Waals surface area contributed by atoms with Crippen molar-refractivity contribution in [3.63, 3.8) is 0 Å². The van der Waals surface area contributed by atoms with Gasteiger partial charge in [-0.1, -0.05) is 59.1 Å². The molecule has 0 aliphatic carbocycles. The first-order valence-electron chi connectivity index (χ1n) is 5.06. The molecule has 1 aromatic rings. The molecule has 0 atom stereocenters. The lowest BCUT2D eigenvalue weighted by Gasteiger charge is -2.11. The van der Waals surface area contributed by atoms with Gasteiger partial charge in [-0.3, -0.25) is 4.79 Å². The lowest BCUT2D eigenvalue weighted by Crippen LogP contribution is -2.04. The molecule has 0 bridgehead atoms. The number of ketones is 1. The van der Waals surface area contributed by atoms with Crippen LogP contribution in [-0.2, 0) is 6.42 Å². The second kappa shape index (κ2) is 5.90. The smallest absolute Gasteiger partial charge is 0.190 e. The quantitative estimate of drug-likeness (QED) is 0.582. The number of benzene rings is 1. The van der Waals surface area contributed by atoms with Gasteiger partial charge in [0.05, 0.1) is 0 Å². The molecular formula is C12H13Cl3O. The first-order valence-corrected chi connectivity index (χ1v) is 6.19. The fourth-order valence-corrected chi connectivity index (χ4v) is 1.96. The number of rotatable bonds is 4. The highest BCUT2D eigenvalue weighted by Crippen LogP contribution is 2.32. The molecule has 16 heavy (non-hydrogen) atoms. The molecule has 0 aliphatic heterocycles. The maximum Gasteiger partial charge on any atom is 0.190 e. The van der Waals surface area contributed by atoms with Gasteiger partial charge in [-0.15, -0.1) is 0 Å². The summed E-state index contributed by atoms with van der Waals surface area (Å²) in [5.74, 6) is 0.0736. The average Bonchev–Trinajstić information content (AvgIpc) is 2.16. The van der Waals surface area contributed by atoms with Crippen molar-refractivity contribution in [3.8, 4) is 0 Å². The molecule has 0 amide bonds. The molecule has 0 aromatic heterocycles. The number of carbonyl (C=O) groups excluding carboxylic acids is 1. The second-order valence-corrected chi connectivity index (χ2v) is 6.20. The summed E-state index contributed by atoms with van der Waals surface area (Å²) in [6.45, 7) is 1.56. The summed E-state index contributed by atoms with van der Waals surface area (Å²) in [6.07, 6.45) is 1.99. The molecule has 88 valence electrons. The van der Waals surface area contributed by atoms with Crippen LogP contribution in [-0.4, -0.2) is 9.58 Å². The fraction of sp³-hybridized carbons (Fsp3) is 0.417. The van der Waals surface area contributed by atoms with Crippen LogP contribution in [0.25, 0.3) is 0 Å². The molecule has 0 radical (unpaired) electrons. The van der Waals surface area contributed by atoms with Gasteiger partial charge < -0.3 is 0 Å². The number of hydrogen-bond acceptors (Lipinski definition) is 1. The molecule has 0 unspecified atom stereocenters. The van der Waals surface area contributed by atoms with Crippen molar-refractivity contribution >= 4 is 40.6 Å². The highest BCUT2D eigenvalue weighted by Gasteiger charge is 2.18. The third-order valence-corrected chi connectivity index (χ3v) is 2.87. The van der Waals surface area contributed by atoms with Crippen molar-refractivity contribution in [3.05, 3.63) is 35.4 Å². The van der Waals surface area contributed by atoms with Crippen LogP contribution in [0, 0.1) is 0 Å². The van der Waals surface area contributed by atoms with E-state index >= 15 is 0 Å². The third-order valence-electron chi connectivity index (χ3n) is 2.30. The molecule has 0 heterocycles. The topological polar surface area (TPSA) is 17.1 Å². The minimum Gasteiger partial charge on any atom is -0.295 e. The summed E-state index contributed by atoms with van der Waals surface area (Å²) >= 11 is 17.0. The number of alkyl halides is 3. The maximum absolute atomic E-state index is 11.3. The molecule has 0 saturated heterocycles. The summed E-state index contributed by atoms with van der Waals surface area (Å²) in [5.41, 5.74) is 1.77. The molecule has 0 aliphatic rings. The van der Waals surface area contributed by atoms with Crippen LogP contribution in [0.1, 0.15) is 35.7 Å². The molecule has 1 aromatic carbocycles. The Morgan fingerprint density at radius 2 is 1.88 bits per heavy atom. The minimum absolute atomic E-state index is 0.0736. The van der Waals surface area contributed by atoms with Gasteiger partial charge in [-0.2, -0.15) is 0 Å². The molecule has 0 saturated carbocycles. The van der Waals surface area contributed by atoms with E-state index in [1.165, 1.54) is 0 Å². The van der Waals surface area contributed by atoms with Crippen molar-refractivity contribution in [1.82, 2.24) is 0 Å². The van der Waals surface area contributed by atoms with E-state index in [4.69, 9.17) is 34.8 Å². The first-order chi connectivity index (χ1) is 7.40. The van der Waals surface area contributed by atoms with Gasteiger partial charge in [0.1, 0.15) is 0 Å². The molecule has 1 rings (SSSR count). The molecule has 4 heteroatoms. The summed E-state index contributed by atoms with van der Waals surface area (Å²) in [7, 11) is 0. The Kier molecular flexibility index (Phi) is 5.10. The number of hydrogen-bond donors (Lipinski definition) is 0. The first kappa shape index (κ1) is 13.8. The highest BCUT2D eigenvalue weighted by molar-refractivity contribution is 6.67. The standard InChI is InChI=1S/C12H13Cl3O/c1-9(16)11-7-3-2-5-10(11)6-4-8-12(13,14)15/h2-3,5,7H,4,6,8H2,1H3. The summed E-state index contributed by atoms with van der Waals surface area (Å²) in [6, 6.07) is 7.54. The van der Waals surface area contributed by atoms with E-state index in [0.29, 0.717) is 6.42 Å². The average molecular weight is 280 g/mol. The Bertz CT molecular complexity index is 369. The van der Waals surface area contributed by atoms with Crippen LogP contribution in [0.2, 0.25) is 0 Å². The zero-order chi connectivity index (χ0) is 12.2. The predicted octanol–water partition coefficient (Wildman–Crippen LogP) is 4.58. The zero-order valence-corrected chi connectivity index (χ0v) is 11.2. The number of Topliss-reactive ketones (excluding diaryl/α,β-unsaturated/α-hetero) is 1.